The van der Waals surface area contributed by atoms with Crippen molar-refractivity contribution in [3.05, 3.63) is 58.0 Å². The van der Waals surface area contributed by atoms with Crippen LogP contribution in [0.25, 0.3) is 12.7 Å². The minimum absolute atomic E-state index is 1.05. The van der Waals surface area contributed by atoms with Crippen molar-refractivity contribution in [2.24, 2.45) is 0 Å². The van der Waals surface area contributed by atoms with Crippen molar-refractivity contribution in [3.8, 4) is 0 Å². The van der Waals surface area contributed by atoms with Gasteiger partial charge in [-0.2, -0.15) is 0 Å². The number of rotatable bonds is 3. The summed E-state index contributed by atoms with van der Waals surface area (Å²) in [5, 5.41) is 2.22. The lowest BCUT2D eigenvalue weighted by Gasteiger charge is -2.14. The molecule has 0 aliphatic heterocycles. The maximum Gasteiger partial charge on any atom is 0.0367 e. The first-order valence-electron chi connectivity index (χ1n) is 7.14. The number of nitrogens with zero attached hydrogens (tertiary/aromatic N) is 2. The molecule has 0 radical (unpaired) electrons. The van der Waals surface area contributed by atoms with Crippen molar-refractivity contribution in [1.82, 2.24) is 0 Å². The van der Waals surface area contributed by atoms with Crippen molar-refractivity contribution in [3.63, 3.8) is 0 Å². The highest BCUT2D eigenvalue weighted by atomic mass is 15.1. The Morgan fingerprint density at radius 1 is 0.857 bits per heavy atom. The molecule has 2 aromatic carbocycles. The first-order chi connectivity index (χ1) is 9.88. The molecular weight excluding hydrogens is 256 g/mol. The first-order valence-corrected chi connectivity index (χ1v) is 7.14. The lowest BCUT2D eigenvalue weighted by Crippen LogP contribution is -2.24. The highest BCUT2D eigenvalue weighted by Gasteiger charge is 2.00. The van der Waals surface area contributed by atoms with Gasteiger partial charge in [0, 0.05) is 39.6 Å². The van der Waals surface area contributed by atoms with Crippen LogP contribution in [0.5, 0.6) is 0 Å². The molecule has 2 aromatic rings. The van der Waals surface area contributed by atoms with Crippen LogP contribution in [0.3, 0.4) is 0 Å². The Balaban J connectivity index is 2.47. The van der Waals surface area contributed by atoms with E-state index in [0.29, 0.717) is 0 Å². The fourth-order valence-electron chi connectivity index (χ4n) is 2.28. The van der Waals surface area contributed by atoms with Crippen LogP contribution in [0.15, 0.2) is 36.4 Å². The Morgan fingerprint density at radius 3 is 1.95 bits per heavy atom. The molecule has 2 heteroatoms. The van der Waals surface area contributed by atoms with Crippen LogP contribution in [-0.4, -0.2) is 28.2 Å². The van der Waals surface area contributed by atoms with Gasteiger partial charge in [0.2, 0.25) is 0 Å². The molecule has 0 fully saturated rings. The average Bonchev–Trinajstić information content (AvgIpc) is 2.42. The fourth-order valence-corrected chi connectivity index (χ4v) is 2.28. The van der Waals surface area contributed by atoms with Gasteiger partial charge < -0.3 is 9.80 Å². The van der Waals surface area contributed by atoms with Crippen molar-refractivity contribution in [1.29, 1.82) is 0 Å². The van der Waals surface area contributed by atoms with Crippen LogP contribution in [0.1, 0.15) is 11.1 Å². The highest BCUT2D eigenvalue weighted by Crippen LogP contribution is 2.17. The van der Waals surface area contributed by atoms with Gasteiger partial charge in [0.25, 0.3) is 0 Å². The van der Waals surface area contributed by atoms with Crippen LogP contribution in [0.4, 0.5) is 11.4 Å². The molecule has 2 nitrogen and oxygen atoms in total. The topological polar surface area (TPSA) is 6.48 Å². The monoisotopic (exact) mass is 280 g/mol. The Morgan fingerprint density at radius 2 is 1.43 bits per heavy atom. The first kappa shape index (κ1) is 15.2. The van der Waals surface area contributed by atoms with Crippen LogP contribution < -0.4 is 20.2 Å². The smallest absolute Gasteiger partial charge is 0.0367 e. The summed E-state index contributed by atoms with van der Waals surface area (Å²) < 4.78 is 0. The van der Waals surface area contributed by atoms with Crippen molar-refractivity contribution >= 4 is 24.0 Å². The molecule has 0 unspecified atom stereocenters. The van der Waals surface area contributed by atoms with E-state index < -0.39 is 0 Å². The molecule has 0 saturated heterocycles. The van der Waals surface area contributed by atoms with Gasteiger partial charge >= 0.3 is 0 Å². The van der Waals surface area contributed by atoms with Crippen molar-refractivity contribution in [2.45, 2.75) is 6.92 Å². The van der Waals surface area contributed by atoms with Gasteiger partial charge in [0.15, 0.2) is 0 Å². The van der Waals surface area contributed by atoms with E-state index in [2.05, 4.69) is 79.9 Å². The third-order valence-electron chi connectivity index (χ3n) is 3.72. The molecule has 0 saturated carbocycles. The fraction of sp³-hybridized carbons (Fsp3) is 0.263. The van der Waals surface area contributed by atoms with Gasteiger partial charge in [0.05, 0.1) is 0 Å². The summed E-state index contributed by atoms with van der Waals surface area (Å²) in [6, 6.07) is 12.9. The molecule has 0 aliphatic carbocycles. The SMILES string of the molecule is C=c1cc(N(C)C)cc/c1=C/c1ccc(N(C)C)cc1C. The molecule has 21 heavy (non-hydrogen) atoms. The van der Waals surface area contributed by atoms with Gasteiger partial charge in [-0.3, -0.25) is 0 Å². The van der Waals surface area contributed by atoms with E-state index >= 15 is 0 Å². The standard InChI is InChI=1S/C19H24N2/c1-14-11-18(20(3)4)9-7-16(14)13-17-8-10-19(21(5)6)12-15(17)2/h7-13H,1H2,2-6H3/b16-13-. The molecule has 110 valence electrons. The third kappa shape index (κ3) is 3.46. The molecule has 0 bridgehead atoms. The van der Waals surface area contributed by atoms with Crippen LogP contribution >= 0.6 is 0 Å². The second-order valence-electron chi connectivity index (χ2n) is 5.86. The Kier molecular flexibility index (Phi) is 4.37. The van der Waals surface area contributed by atoms with E-state index in [1.165, 1.54) is 27.7 Å². The molecule has 0 amide bonds. The molecule has 2 rings (SSSR count). The number of hydrogen-bond acceptors (Lipinski definition) is 2. The molecule has 0 N–H and O–H groups in total. The van der Waals surface area contributed by atoms with Gasteiger partial charge in [-0.1, -0.05) is 18.7 Å². The van der Waals surface area contributed by atoms with E-state index in [1.54, 1.807) is 0 Å². The molecule has 0 aliphatic rings. The predicted octanol–water partition coefficient (Wildman–Crippen LogP) is 2.37. The maximum absolute atomic E-state index is 4.17. The van der Waals surface area contributed by atoms with E-state index in [1.807, 2.05) is 14.1 Å². The molecule has 0 heterocycles. The van der Waals surface area contributed by atoms with Crippen LogP contribution in [-0.2, 0) is 0 Å². The Labute approximate surface area is 127 Å². The summed E-state index contributed by atoms with van der Waals surface area (Å²) in [5.74, 6) is 0. The maximum atomic E-state index is 4.17. The number of hydrogen-bond donors (Lipinski definition) is 0. The molecular formula is C19H24N2. The predicted molar refractivity (Wildman–Crippen MR) is 94.6 cm³/mol. The second kappa shape index (κ2) is 6.04. The quantitative estimate of drug-likeness (QED) is 0.851. The van der Waals surface area contributed by atoms with Gasteiger partial charge in [0.1, 0.15) is 0 Å². The normalized spacial score (nSPS) is 11.6. The largest absolute Gasteiger partial charge is 0.378 e. The summed E-state index contributed by atoms with van der Waals surface area (Å²) in [5.41, 5.74) is 4.92. The minimum atomic E-state index is 1.05. The van der Waals surface area contributed by atoms with Gasteiger partial charge in [-0.15, -0.1) is 0 Å². The summed E-state index contributed by atoms with van der Waals surface area (Å²) in [7, 11) is 8.21. The Hall–Kier alpha value is -2.22. The lowest BCUT2D eigenvalue weighted by molar-refractivity contribution is 1.12. The Bertz CT molecular complexity index is 743. The third-order valence-corrected chi connectivity index (χ3v) is 3.72. The summed E-state index contributed by atoms with van der Waals surface area (Å²) in [6.07, 6.45) is 2.20. The lowest BCUT2D eigenvalue weighted by atomic mass is 10.1. The average molecular weight is 280 g/mol. The van der Waals surface area contributed by atoms with Crippen molar-refractivity contribution < 1.29 is 0 Å². The van der Waals surface area contributed by atoms with Crippen molar-refractivity contribution in [2.75, 3.05) is 38.0 Å². The number of aryl methyl sites for hydroxylation is 1. The zero-order valence-electron chi connectivity index (χ0n) is 13.6. The van der Waals surface area contributed by atoms with Crippen LogP contribution in [0.2, 0.25) is 0 Å². The summed E-state index contributed by atoms with van der Waals surface area (Å²) >= 11 is 0. The zero-order valence-corrected chi connectivity index (χ0v) is 13.6. The summed E-state index contributed by atoms with van der Waals surface area (Å²) in [6.45, 7) is 6.32. The number of anilines is 2. The van der Waals surface area contributed by atoms with Gasteiger partial charge in [-0.05, 0) is 58.8 Å². The second-order valence-corrected chi connectivity index (χ2v) is 5.86. The highest BCUT2D eigenvalue weighted by molar-refractivity contribution is 5.60. The number of benzene rings is 2. The zero-order chi connectivity index (χ0) is 15.6. The van der Waals surface area contributed by atoms with E-state index in [4.69, 9.17) is 0 Å². The van der Waals surface area contributed by atoms with Gasteiger partial charge in [-0.25, -0.2) is 0 Å². The molecule has 0 aromatic heterocycles. The van der Waals surface area contributed by atoms with E-state index in [-0.39, 0.29) is 0 Å². The minimum Gasteiger partial charge on any atom is -0.378 e. The summed E-state index contributed by atoms with van der Waals surface area (Å²) in [4.78, 5) is 4.21. The van der Waals surface area contributed by atoms with E-state index in [9.17, 15) is 0 Å². The van der Waals surface area contributed by atoms with E-state index in [0.717, 1.165) is 5.22 Å². The van der Waals surface area contributed by atoms with Crippen LogP contribution in [0, 0.1) is 6.92 Å². The molecule has 0 spiro atoms. The molecule has 0 atom stereocenters.